The fourth-order valence-corrected chi connectivity index (χ4v) is 4.66. The van der Waals surface area contributed by atoms with Crippen molar-refractivity contribution in [2.75, 3.05) is 10.8 Å². The SMILES string of the molecule is CCNC(=O)C1Cc2ccccc2N1S(=O)(=O)c1cc(F)ccc1F. The zero-order valence-corrected chi connectivity index (χ0v) is 14.2. The summed E-state index contributed by atoms with van der Waals surface area (Å²) in [6.45, 7) is 2.04. The van der Waals surface area contributed by atoms with E-state index in [0.29, 0.717) is 23.9 Å². The minimum absolute atomic E-state index is 0.165. The van der Waals surface area contributed by atoms with Crippen molar-refractivity contribution in [2.45, 2.75) is 24.3 Å². The lowest BCUT2D eigenvalue weighted by atomic mass is 10.1. The van der Waals surface area contributed by atoms with E-state index in [1.165, 1.54) is 0 Å². The number of nitrogens with one attached hydrogen (secondary N) is 1. The number of fused-ring (bicyclic) bond motifs is 1. The van der Waals surface area contributed by atoms with E-state index >= 15 is 0 Å². The molecule has 1 aliphatic rings. The van der Waals surface area contributed by atoms with E-state index in [0.717, 1.165) is 16.4 Å². The van der Waals surface area contributed by atoms with Crippen LogP contribution in [0.15, 0.2) is 47.4 Å². The Morgan fingerprint density at radius 1 is 1.24 bits per heavy atom. The van der Waals surface area contributed by atoms with Crippen LogP contribution in [0.1, 0.15) is 12.5 Å². The zero-order valence-electron chi connectivity index (χ0n) is 13.4. The molecule has 0 fully saturated rings. The van der Waals surface area contributed by atoms with Crippen molar-refractivity contribution in [3.63, 3.8) is 0 Å². The summed E-state index contributed by atoms with van der Waals surface area (Å²) in [5.41, 5.74) is 0.946. The van der Waals surface area contributed by atoms with Gasteiger partial charge in [0, 0.05) is 13.0 Å². The van der Waals surface area contributed by atoms with Gasteiger partial charge in [0.2, 0.25) is 5.91 Å². The molecule has 3 rings (SSSR count). The molecule has 25 heavy (non-hydrogen) atoms. The molecule has 0 aromatic heterocycles. The molecule has 1 atom stereocenters. The highest BCUT2D eigenvalue weighted by Crippen LogP contribution is 2.37. The number of hydrogen-bond donors (Lipinski definition) is 1. The maximum atomic E-state index is 14.1. The van der Waals surface area contributed by atoms with E-state index in [-0.39, 0.29) is 6.42 Å². The first-order valence-electron chi connectivity index (χ1n) is 7.71. The van der Waals surface area contributed by atoms with Gasteiger partial charge in [0.25, 0.3) is 10.0 Å². The first-order chi connectivity index (χ1) is 11.9. The van der Waals surface area contributed by atoms with Gasteiger partial charge in [0.05, 0.1) is 5.69 Å². The number of hydrogen-bond acceptors (Lipinski definition) is 3. The molecule has 2 aromatic rings. The number of benzene rings is 2. The van der Waals surface area contributed by atoms with Gasteiger partial charge in [-0.05, 0) is 36.8 Å². The molecule has 8 heteroatoms. The number of anilines is 1. The van der Waals surface area contributed by atoms with Crippen molar-refractivity contribution in [1.29, 1.82) is 0 Å². The Kier molecular flexibility index (Phi) is 4.47. The van der Waals surface area contributed by atoms with Crippen molar-refractivity contribution in [2.24, 2.45) is 0 Å². The Labute approximate surface area is 144 Å². The number of nitrogens with zero attached hydrogens (tertiary/aromatic N) is 1. The number of likely N-dealkylation sites (N-methyl/N-ethyl adjacent to an activating group) is 1. The van der Waals surface area contributed by atoms with Gasteiger partial charge in [-0.2, -0.15) is 0 Å². The largest absolute Gasteiger partial charge is 0.355 e. The number of halogens is 2. The number of para-hydroxylation sites is 1. The standard InChI is InChI=1S/C17H16F2N2O3S/c1-2-20-17(22)15-9-11-5-3-4-6-14(11)21(15)25(23,24)16-10-12(18)7-8-13(16)19/h3-8,10,15H,2,9H2,1H3,(H,20,22). The monoisotopic (exact) mass is 366 g/mol. The second-order valence-corrected chi connectivity index (χ2v) is 7.40. The fraction of sp³-hybridized carbons (Fsp3) is 0.235. The molecule has 0 bridgehead atoms. The Hall–Kier alpha value is -2.48. The van der Waals surface area contributed by atoms with Crippen LogP contribution in [0.5, 0.6) is 0 Å². The van der Waals surface area contributed by atoms with Crippen molar-refractivity contribution >= 4 is 21.6 Å². The van der Waals surface area contributed by atoms with Crippen LogP contribution in [-0.2, 0) is 21.2 Å². The third-order valence-corrected chi connectivity index (χ3v) is 5.85. The normalized spacial score (nSPS) is 16.6. The van der Waals surface area contributed by atoms with Crippen molar-refractivity contribution in [3.8, 4) is 0 Å². The molecule has 0 aliphatic carbocycles. The van der Waals surface area contributed by atoms with Crippen molar-refractivity contribution < 1.29 is 22.0 Å². The highest BCUT2D eigenvalue weighted by molar-refractivity contribution is 7.93. The van der Waals surface area contributed by atoms with Crippen molar-refractivity contribution in [1.82, 2.24) is 5.32 Å². The number of amides is 1. The van der Waals surface area contributed by atoms with Gasteiger partial charge in [-0.1, -0.05) is 18.2 Å². The summed E-state index contributed by atoms with van der Waals surface area (Å²) >= 11 is 0. The van der Waals surface area contributed by atoms with Gasteiger partial charge in [0.1, 0.15) is 22.6 Å². The first-order valence-corrected chi connectivity index (χ1v) is 9.15. The average Bonchev–Trinajstić information content (AvgIpc) is 2.97. The highest BCUT2D eigenvalue weighted by Gasteiger charge is 2.43. The third kappa shape index (κ3) is 2.97. The van der Waals surface area contributed by atoms with Crippen LogP contribution in [0.4, 0.5) is 14.5 Å². The lowest BCUT2D eigenvalue weighted by Crippen LogP contribution is -2.48. The van der Waals surface area contributed by atoms with Crippen LogP contribution in [0.3, 0.4) is 0 Å². The smallest absolute Gasteiger partial charge is 0.268 e. The van der Waals surface area contributed by atoms with Crippen LogP contribution in [0, 0.1) is 11.6 Å². The molecule has 132 valence electrons. The second-order valence-electron chi connectivity index (χ2n) is 5.62. The average molecular weight is 366 g/mol. The van der Waals surface area contributed by atoms with Gasteiger partial charge in [-0.25, -0.2) is 17.2 Å². The number of rotatable bonds is 4. The number of sulfonamides is 1. The van der Waals surface area contributed by atoms with Gasteiger partial charge in [-0.15, -0.1) is 0 Å². The van der Waals surface area contributed by atoms with Gasteiger partial charge >= 0.3 is 0 Å². The lowest BCUT2D eigenvalue weighted by Gasteiger charge is -2.26. The third-order valence-electron chi connectivity index (χ3n) is 4.01. The molecule has 1 aliphatic heterocycles. The quantitative estimate of drug-likeness (QED) is 0.902. The predicted molar refractivity (Wildman–Crippen MR) is 88.6 cm³/mol. The molecular weight excluding hydrogens is 350 g/mol. The molecular formula is C17H16F2N2O3S. The Morgan fingerprint density at radius 2 is 1.96 bits per heavy atom. The van der Waals surface area contributed by atoms with Crippen LogP contribution in [-0.4, -0.2) is 26.9 Å². The molecule has 1 N–H and O–H groups in total. The van der Waals surface area contributed by atoms with Gasteiger partial charge < -0.3 is 5.32 Å². The minimum Gasteiger partial charge on any atom is -0.355 e. The predicted octanol–water partition coefficient (Wildman–Crippen LogP) is 2.22. The Morgan fingerprint density at radius 3 is 2.68 bits per heavy atom. The van der Waals surface area contributed by atoms with E-state index in [1.54, 1.807) is 31.2 Å². The number of carbonyl (C=O) groups is 1. The fourth-order valence-electron chi connectivity index (χ4n) is 2.93. The van der Waals surface area contributed by atoms with Gasteiger partial charge in [-0.3, -0.25) is 9.10 Å². The molecule has 2 aromatic carbocycles. The Balaban J connectivity index is 2.16. The van der Waals surface area contributed by atoms with E-state index in [1.807, 2.05) is 0 Å². The molecule has 0 saturated heterocycles. The lowest BCUT2D eigenvalue weighted by molar-refractivity contribution is -0.121. The molecule has 1 heterocycles. The molecule has 5 nitrogen and oxygen atoms in total. The van der Waals surface area contributed by atoms with Crippen LogP contribution < -0.4 is 9.62 Å². The summed E-state index contributed by atoms with van der Waals surface area (Å²) in [4.78, 5) is 11.6. The molecule has 0 spiro atoms. The maximum Gasteiger partial charge on any atom is 0.268 e. The first kappa shape index (κ1) is 17.3. The van der Waals surface area contributed by atoms with E-state index in [2.05, 4.69) is 5.32 Å². The number of carbonyl (C=O) groups excluding carboxylic acids is 1. The minimum atomic E-state index is -4.46. The van der Waals surface area contributed by atoms with Crippen LogP contribution in [0.2, 0.25) is 0 Å². The summed E-state index contributed by atoms with van der Waals surface area (Å²) in [6, 6.07) is 7.78. The topological polar surface area (TPSA) is 66.5 Å². The van der Waals surface area contributed by atoms with Crippen LogP contribution in [0.25, 0.3) is 0 Å². The summed E-state index contributed by atoms with van der Waals surface area (Å²) < 4.78 is 54.5. The zero-order chi connectivity index (χ0) is 18.2. The summed E-state index contributed by atoms with van der Waals surface area (Å²) in [5.74, 6) is -2.43. The molecule has 1 unspecified atom stereocenters. The highest BCUT2D eigenvalue weighted by atomic mass is 32.2. The van der Waals surface area contributed by atoms with Crippen LogP contribution >= 0.6 is 0 Å². The molecule has 0 radical (unpaired) electrons. The van der Waals surface area contributed by atoms with Crippen molar-refractivity contribution in [3.05, 3.63) is 59.7 Å². The van der Waals surface area contributed by atoms with E-state index in [9.17, 15) is 22.0 Å². The van der Waals surface area contributed by atoms with Gasteiger partial charge in [0.15, 0.2) is 0 Å². The summed E-state index contributed by atoms with van der Waals surface area (Å²) in [6.07, 6.45) is 0.165. The van der Waals surface area contributed by atoms with E-state index in [4.69, 9.17) is 0 Å². The van der Waals surface area contributed by atoms with E-state index < -0.39 is 38.5 Å². The molecule has 1 amide bonds. The summed E-state index contributed by atoms with van der Waals surface area (Å²) in [7, 11) is -4.46. The second kappa shape index (κ2) is 6.44. The Bertz CT molecular complexity index is 931. The summed E-state index contributed by atoms with van der Waals surface area (Å²) in [5, 5.41) is 2.59. The maximum absolute atomic E-state index is 14.1. The molecule has 0 saturated carbocycles.